The molecule has 1 aromatic rings. The number of nitrogens with one attached hydrogen (secondary N) is 1. The predicted octanol–water partition coefficient (Wildman–Crippen LogP) is 3.93. The minimum absolute atomic E-state index is 0.148. The van der Waals surface area contributed by atoms with Gasteiger partial charge in [0.05, 0.1) is 0 Å². The Labute approximate surface area is 104 Å². The molecule has 0 aliphatic carbocycles. The Bertz CT molecular complexity index is 294. The lowest BCUT2D eigenvalue weighted by molar-refractivity contribution is 0.456. The highest BCUT2D eigenvalue weighted by Crippen LogP contribution is 2.09. The summed E-state index contributed by atoms with van der Waals surface area (Å²) in [6, 6.07) is 7.49. The minimum atomic E-state index is -0.148. The van der Waals surface area contributed by atoms with Crippen LogP contribution < -0.4 is 5.32 Å². The Balaban J connectivity index is 2.23. The van der Waals surface area contributed by atoms with Crippen molar-refractivity contribution in [2.75, 3.05) is 6.54 Å². The quantitative estimate of drug-likeness (QED) is 0.722. The molecule has 0 amide bonds. The van der Waals surface area contributed by atoms with Crippen molar-refractivity contribution in [3.05, 3.63) is 35.6 Å². The van der Waals surface area contributed by atoms with E-state index in [1.165, 1.54) is 31.2 Å². The van der Waals surface area contributed by atoms with Crippen molar-refractivity contribution in [1.29, 1.82) is 0 Å². The molecule has 1 N–H and O–H groups in total. The maximum Gasteiger partial charge on any atom is 0.123 e. The number of benzene rings is 1. The lowest BCUT2D eigenvalue weighted by Crippen LogP contribution is -2.29. The van der Waals surface area contributed by atoms with Gasteiger partial charge in [-0.25, -0.2) is 4.39 Å². The van der Waals surface area contributed by atoms with E-state index in [1.54, 1.807) is 12.1 Å². The van der Waals surface area contributed by atoms with Crippen LogP contribution in [0.4, 0.5) is 4.39 Å². The smallest absolute Gasteiger partial charge is 0.123 e. The van der Waals surface area contributed by atoms with E-state index in [1.807, 2.05) is 12.1 Å². The van der Waals surface area contributed by atoms with Gasteiger partial charge in [0.25, 0.3) is 0 Å². The third-order valence-electron chi connectivity index (χ3n) is 3.11. The van der Waals surface area contributed by atoms with Crippen molar-refractivity contribution in [3.63, 3.8) is 0 Å². The van der Waals surface area contributed by atoms with Gasteiger partial charge in [-0.2, -0.15) is 0 Å². The summed E-state index contributed by atoms with van der Waals surface area (Å²) < 4.78 is 12.7. The van der Waals surface area contributed by atoms with Crippen LogP contribution in [0.3, 0.4) is 0 Å². The summed E-state index contributed by atoms with van der Waals surface area (Å²) in [5, 5.41) is 3.55. The third-order valence-corrected chi connectivity index (χ3v) is 3.11. The number of halogens is 1. The van der Waals surface area contributed by atoms with Crippen molar-refractivity contribution in [2.24, 2.45) is 0 Å². The molecule has 2 heteroatoms. The topological polar surface area (TPSA) is 12.0 Å². The Morgan fingerprint density at radius 1 is 1.18 bits per heavy atom. The molecule has 0 bridgehead atoms. The fourth-order valence-electron chi connectivity index (χ4n) is 2.00. The van der Waals surface area contributed by atoms with Gasteiger partial charge in [-0.15, -0.1) is 0 Å². The first kappa shape index (κ1) is 14.2. The van der Waals surface area contributed by atoms with E-state index in [9.17, 15) is 4.39 Å². The molecule has 0 spiro atoms. The summed E-state index contributed by atoms with van der Waals surface area (Å²) >= 11 is 0. The van der Waals surface area contributed by atoms with E-state index in [2.05, 4.69) is 19.2 Å². The van der Waals surface area contributed by atoms with Gasteiger partial charge < -0.3 is 5.32 Å². The van der Waals surface area contributed by atoms with Gasteiger partial charge in [0.15, 0.2) is 0 Å². The first-order chi connectivity index (χ1) is 8.26. The van der Waals surface area contributed by atoms with Crippen molar-refractivity contribution >= 4 is 0 Å². The second-order valence-corrected chi connectivity index (χ2v) is 4.58. The molecule has 0 radical (unpaired) electrons. The van der Waals surface area contributed by atoms with Crippen LogP contribution >= 0.6 is 0 Å². The molecule has 96 valence electrons. The molecule has 17 heavy (non-hydrogen) atoms. The Kier molecular flexibility index (Phi) is 6.87. The summed E-state index contributed by atoms with van der Waals surface area (Å²) in [6.07, 6.45) is 5.79. The monoisotopic (exact) mass is 237 g/mol. The van der Waals surface area contributed by atoms with E-state index in [0.29, 0.717) is 6.04 Å². The van der Waals surface area contributed by atoms with Crippen molar-refractivity contribution in [1.82, 2.24) is 5.32 Å². The lowest BCUT2D eigenvalue weighted by Gasteiger charge is -2.16. The van der Waals surface area contributed by atoms with Gasteiger partial charge in [-0.3, -0.25) is 0 Å². The van der Waals surface area contributed by atoms with Crippen LogP contribution in [0, 0.1) is 5.82 Å². The molecule has 1 nitrogen and oxygen atoms in total. The number of aryl methyl sites for hydroxylation is 1. The predicted molar refractivity (Wildman–Crippen MR) is 71.7 cm³/mol. The van der Waals surface area contributed by atoms with E-state index in [0.717, 1.165) is 13.0 Å². The molecule has 1 aromatic carbocycles. The van der Waals surface area contributed by atoms with Crippen LogP contribution in [0.2, 0.25) is 0 Å². The first-order valence-electron chi connectivity index (χ1n) is 6.74. The molecule has 0 aliphatic heterocycles. The summed E-state index contributed by atoms with van der Waals surface area (Å²) in [4.78, 5) is 0. The second kappa shape index (κ2) is 8.24. The molecule has 0 aromatic heterocycles. The molecule has 0 saturated carbocycles. The molecule has 1 atom stereocenters. The molecule has 0 heterocycles. The lowest BCUT2D eigenvalue weighted by atomic mass is 10.0. The summed E-state index contributed by atoms with van der Waals surface area (Å²) in [5.74, 6) is -0.148. The number of hydrogen-bond donors (Lipinski definition) is 1. The second-order valence-electron chi connectivity index (χ2n) is 4.58. The Morgan fingerprint density at radius 2 is 1.88 bits per heavy atom. The molecule has 1 rings (SSSR count). The molecule has 0 saturated heterocycles. The standard InChI is InChI=1S/C15H24FN/c1-3-12-17-15(4-2)7-5-6-13-8-10-14(16)11-9-13/h8-11,15,17H,3-7,12H2,1-2H3. The number of hydrogen-bond acceptors (Lipinski definition) is 1. The highest BCUT2D eigenvalue weighted by molar-refractivity contribution is 5.15. The van der Waals surface area contributed by atoms with Gasteiger partial charge in [0, 0.05) is 6.04 Å². The van der Waals surface area contributed by atoms with Gasteiger partial charge >= 0.3 is 0 Å². The summed E-state index contributed by atoms with van der Waals surface area (Å²) in [6.45, 7) is 5.53. The van der Waals surface area contributed by atoms with Gasteiger partial charge in [0.1, 0.15) is 5.82 Å². The Hall–Kier alpha value is -0.890. The zero-order valence-corrected chi connectivity index (χ0v) is 11.0. The van der Waals surface area contributed by atoms with E-state index >= 15 is 0 Å². The van der Waals surface area contributed by atoms with Crippen LogP contribution in [-0.4, -0.2) is 12.6 Å². The Morgan fingerprint density at radius 3 is 2.47 bits per heavy atom. The highest BCUT2D eigenvalue weighted by atomic mass is 19.1. The maximum absolute atomic E-state index is 12.7. The normalized spacial score (nSPS) is 12.6. The van der Waals surface area contributed by atoms with E-state index in [4.69, 9.17) is 0 Å². The van der Waals surface area contributed by atoms with Crippen molar-refractivity contribution in [3.8, 4) is 0 Å². The van der Waals surface area contributed by atoms with Crippen molar-refractivity contribution < 1.29 is 4.39 Å². The maximum atomic E-state index is 12.7. The summed E-state index contributed by atoms with van der Waals surface area (Å²) in [5.41, 5.74) is 1.23. The highest BCUT2D eigenvalue weighted by Gasteiger charge is 2.04. The SMILES string of the molecule is CCCNC(CC)CCCc1ccc(F)cc1. The van der Waals surface area contributed by atoms with Gasteiger partial charge in [-0.1, -0.05) is 26.0 Å². The number of rotatable bonds is 8. The largest absolute Gasteiger partial charge is 0.314 e. The van der Waals surface area contributed by atoms with E-state index < -0.39 is 0 Å². The zero-order valence-electron chi connectivity index (χ0n) is 11.0. The molecular formula is C15H24FN. The van der Waals surface area contributed by atoms with Gasteiger partial charge in [-0.05, 0) is 56.3 Å². The fraction of sp³-hybridized carbons (Fsp3) is 0.600. The first-order valence-corrected chi connectivity index (χ1v) is 6.74. The van der Waals surface area contributed by atoms with Gasteiger partial charge in [0.2, 0.25) is 0 Å². The molecule has 1 unspecified atom stereocenters. The summed E-state index contributed by atoms with van der Waals surface area (Å²) in [7, 11) is 0. The van der Waals surface area contributed by atoms with E-state index in [-0.39, 0.29) is 5.82 Å². The minimum Gasteiger partial charge on any atom is -0.314 e. The fourth-order valence-corrected chi connectivity index (χ4v) is 2.00. The zero-order chi connectivity index (χ0) is 12.5. The molecular weight excluding hydrogens is 213 g/mol. The van der Waals surface area contributed by atoms with Crippen LogP contribution in [0.5, 0.6) is 0 Å². The van der Waals surface area contributed by atoms with Crippen LogP contribution in [-0.2, 0) is 6.42 Å². The third kappa shape index (κ3) is 5.83. The van der Waals surface area contributed by atoms with Crippen LogP contribution in [0.25, 0.3) is 0 Å². The molecule has 0 aliphatic rings. The molecule has 0 fully saturated rings. The average molecular weight is 237 g/mol. The van der Waals surface area contributed by atoms with Crippen LogP contribution in [0.1, 0.15) is 45.1 Å². The van der Waals surface area contributed by atoms with Crippen LogP contribution in [0.15, 0.2) is 24.3 Å². The van der Waals surface area contributed by atoms with Crippen molar-refractivity contribution in [2.45, 2.75) is 52.0 Å². The average Bonchev–Trinajstić information content (AvgIpc) is 2.36.